The van der Waals surface area contributed by atoms with Crippen molar-refractivity contribution < 1.29 is 13.9 Å². The van der Waals surface area contributed by atoms with Crippen molar-refractivity contribution in [1.29, 1.82) is 5.26 Å². The minimum absolute atomic E-state index is 0.0548. The molecule has 2 heterocycles. The number of nitrogens with zero attached hydrogens (tertiary/aromatic N) is 3. The number of halogens is 1. The number of fused-ring (bicyclic) bond motifs is 1. The molecule has 33 heavy (non-hydrogen) atoms. The fraction of sp³-hybridized carbons (Fsp3) is 0.130. The van der Waals surface area contributed by atoms with Crippen molar-refractivity contribution in [3.8, 4) is 11.8 Å². The summed E-state index contributed by atoms with van der Waals surface area (Å²) < 4.78 is 21.0. The molecule has 4 rings (SSSR count). The van der Waals surface area contributed by atoms with Crippen molar-refractivity contribution in [3.05, 3.63) is 80.7 Å². The second-order valence-corrected chi connectivity index (χ2v) is 8.77. The van der Waals surface area contributed by atoms with Gasteiger partial charge in [0.2, 0.25) is 0 Å². The summed E-state index contributed by atoms with van der Waals surface area (Å²) in [6, 6.07) is 14.7. The number of thiophene rings is 1. The van der Waals surface area contributed by atoms with Crippen molar-refractivity contribution in [2.24, 2.45) is 0 Å². The van der Waals surface area contributed by atoms with Crippen LogP contribution in [0, 0.1) is 17.1 Å². The van der Waals surface area contributed by atoms with E-state index in [-0.39, 0.29) is 38.6 Å². The van der Waals surface area contributed by atoms with E-state index in [9.17, 15) is 19.2 Å². The van der Waals surface area contributed by atoms with Gasteiger partial charge in [-0.2, -0.15) is 5.26 Å². The molecule has 0 spiro atoms. The number of benzene rings is 2. The lowest BCUT2D eigenvalue weighted by Crippen LogP contribution is -2.22. The van der Waals surface area contributed by atoms with Gasteiger partial charge in [0.05, 0.1) is 28.8 Å². The Hall–Kier alpha value is -3.68. The summed E-state index contributed by atoms with van der Waals surface area (Å²) in [5, 5.41) is 10.3. The maximum Gasteiger partial charge on any atom is 0.348 e. The number of ether oxygens (including phenoxy) is 1. The normalized spacial score (nSPS) is 10.8. The first-order chi connectivity index (χ1) is 16.0. The van der Waals surface area contributed by atoms with E-state index in [0.717, 1.165) is 23.1 Å². The molecule has 4 aromatic rings. The molecule has 0 aliphatic carbocycles. The van der Waals surface area contributed by atoms with Crippen molar-refractivity contribution in [2.45, 2.75) is 17.8 Å². The van der Waals surface area contributed by atoms with E-state index in [1.807, 2.05) is 6.07 Å². The van der Waals surface area contributed by atoms with Crippen LogP contribution in [0.1, 0.15) is 27.7 Å². The van der Waals surface area contributed by atoms with E-state index < -0.39 is 17.3 Å². The molecule has 2 N–H and O–H groups in total. The lowest BCUT2D eigenvalue weighted by Gasteiger charge is -2.14. The second kappa shape index (κ2) is 9.44. The number of hydrogen-bond donors (Lipinski definition) is 1. The first-order valence-electron chi connectivity index (χ1n) is 9.84. The average molecular weight is 481 g/mol. The molecule has 0 fully saturated rings. The number of carbonyl (C=O) groups excluding carboxylic acids is 1. The highest BCUT2D eigenvalue weighted by Gasteiger charge is 2.24. The van der Waals surface area contributed by atoms with Gasteiger partial charge in [0.1, 0.15) is 21.8 Å². The Morgan fingerprint density at radius 2 is 2.00 bits per heavy atom. The zero-order valence-corrected chi connectivity index (χ0v) is 19.0. The highest BCUT2D eigenvalue weighted by atomic mass is 32.2. The van der Waals surface area contributed by atoms with Crippen LogP contribution >= 0.6 is 23.1 Å². The molecule has 0 saturated heterocycles. The lowest BCUT2D eigenvalue weighted by atomic mass is 10.2. The lowest BCUT2D eigenvalue weighted by molar-refractivity contribution is 0.0531. The first-order valence-corrected chi connectivity index (χ1v) is 11.6. The molecule has 2 aromatic heterocycles. The topological polar surface area (TPSA) is 111 Å². The third-order valence-electron chi connectivity index (χ3n) is 4.79. The molecule has 7 nitrogen and oxygen atoms in total. The van der Waals surface area contributed by atoms with Gasteiger partial charge in [0, 0.05) is 11.3 Å². The Balaban J connectivity index is 1.85. The average Bonchev–Trinajstić information content (AvgIpc) is 3.14. The summed E-state index contributed by atoms with van der Waals surface area (Å²) in [5.74, 6) is -1.06. The number of nitrogens with two attached hydrogens (primary N) is 1. The fourth-order valence-corrected chi connectivity index (χ4v) is 5.36. The van der Waals surface area contributed by atoms with Crippen molar-refractivity contribution >= 4 is 45.0 Å². The Labute approximate surface area is 196 Å². The Morgan fingerprint density at radius 3 is 2.73 bits per heavy atom. The van der Waals surface area contributed by atoms with Crippen LogP contribution in [0.3, 0.4) is 0 Å². The summed E-state index contributed by atoms with van der Waals surface area (Å²) in [7, 11) is 0. The molecule has 0 bridgehead atoms. The van der Waals surface area contributed by atoms with Crippen LogP contribution in [-0.4, -0.2) is 22.1 Å². The standard InChI is InChI=1S/C23H17FN4O3S2/c1-2-31-22(30)19-15(14(11-25)20(26)33-19)12-32-23-27-17-9-5-3-7-13(17)21(29)28(23)18-10-6-4-8-16(18)24/h3-10H,2,12,26H2,1H3. The summed E-state index contributed by atoms with van der Waals surface area (Å²) >= 11 is 2.08. The van der Waals surface area contributed by atoms with E-state index in [0.29, 0.717) is 16.5 Å². The van der Waals surface area contributed by atoms with E-state index in [2.05, 4.69) is 4.98 Å². The van der Waals surface area contributed by atoms with Gasteiger partial charge in [-0.3, -0.25) is 9.36 Å². The number of anilines is 1. The zero-order chi connectivity index (χ0) is 23.5. The van der Waals surface area contributed by atoms with Gasteiger partial charge in [0.25, 0.3) is 5.56 Å². The summed E-state index contributed by atoms with van der Waals surface area (Å²) in [5.41, 5.74) is 6.61. The number of para-hydroxylation sites is 2. The third kappa shape index (κ3) is 4.20. The Morgan fingerprint density at radius 1 is 1.27 bits per heavy atom. The van der Waals surface area contributed by atoms with Crippen molar-refractivity contribution in [3.63, 3.8) is 0 Å². The summed E-state index contributed by atoms with van der Waals surface area (Å²) in [6.45, 7) is 1.85. The van der Waals surface area contributed by atoms with Gasteiger partial charge in [-0.25, -0.2) is 14.2 Å². The SMILES string of the molecule is CCOC(=O)c1sc(N)c(C#N)c1CSc1nc2ccccc2c(=O)n1-c1ccccc1F. The molecule has 0 aliphatic heterocycles. The summed E-state index contributed by atoms with van der Waals surface area (Å²) in [4.78, 5) is 30.5. The van der Waals surface area contributed by atoms with Gasteiger partial charge in [-0.05, 0) is 31.2 Å². The van der Waals surface area contributed by atoms with E-state index in [1.165, 1.54) is 22.8 Å². The number of hydrogen-bond acceptors (Lipinski definition) is 8. The van der Waals surface area contributed by atoms with Crippen LogP contribution in [0.2, 0.25) is 0 Å². The number of aromatic nitrogens is 2. The van der Waals surface area contributed by atoms with Gasteiger partial charge < -0.3 is 10.5 Å². The van der Waals surface area contributed by atoms with Crippen LogP contribution in [0.15, 0.2) is 58.5 Å². The van der Waals surface area contributed by atoms with Gasteiger partial charge >= 0.3 is 5.97 Å². The number of nitrogen functional groups attached to an aromatic ring is 1. The molecule has 10 heteroatoms. The molecular formula is C23H17FN4O3S2. The van der Waals surface area contributed by atoms with Gasteiger partial charge in [-0.1, -0.05) is 36.0 Å². The largest absolute Gasteiger partial charge is 0.462 e. The summed E-state index contributed by atoms with van der Waals surface area (Å²) in [6.07, 6.45) is 0. The van der Waals surface area contributed by atoms with Crippen LogP contribution in [-0.2, 0) is 10.5 Å². The van der Waals surface area contributed by atoms with Crippen LogP contribution in [0.5, 0.6) is 0 Å². The van der Waals surface area contributed by atoms with Crippen LogP contribution < -0.4 is 11.3 Å². The minimum atomic E-state index is -0.580. The number of esters is 1. The highest BCUT2D eigenvalue weighted by Crippen LogP contribution is 2.36. The highest BCUT2D eigenvalue weighted by molar-refractivity contribution is 7.98. The second-order valence-electron chi connectivity index (χ2n) is 6.77. The quantitative estimate of drug-likeness (QED) is 0.246. The van der Waals surface area contributed by atoms with E-state index >= 15 is 0 Å². The van der Waals surface area contributed by atoms with E-state index in [4.69, 9.17) is 10.5 Å². The molecule has 0 unspecified atom stereocenters. The number of rotatable bonds is 6. The van der Waals surface area contributed by atoms with Crippen LogP contribution in [0.4, 0.5) is 9.39 Å². The molecule has 0 amide bonds. The maximum atomic E-state index is 14.7. The Kier molecular flexibility index (Phi) is 6.44. The number of nitriles is 1. The van der Waals surface area contributed by atoms with Gasteiger partial charge in [-0.15, -0.1) is 11.3 Å². The molecule has 0 saturated carbocycles. The molecule has 0 radical (unpaired) electrons. The monoisotopic (exact) mass is 480 g/mol. The predicted molar refractivity (Wildman–Crippen MR) is 126 cm³/mol. The number of carbonyl (C=O) groups is 1. The third-order valence-corrected chi connectivity index (χ3v) is 6.80. The molecule has 0 atom stereocenters. The minimum Gasteiger partial charge on any atom is -0.462 e. The smallest absolute Gasteiger partial charge is 0.348 e. The first kappa shape index (κ1) is 22.5. The number of thioether (sulfide) groups is 1. The molecule has 166 valence electrons. The van der Waals surface area contributed by atoms with Crippen molar-refractivity contribution in [1.82, 2.24) is 9.55 Å². The predicted octanol–water partition coefficient (Wildman–Crippen LogP) is 4.51. The van der Waals surface area contributed by atoms with Crippen LogP contribution in [0.25, 0.3) is 16.6 Å². The van der Waals surface area contributed by atoms with Gasteiger partial charge in [0.15, 0.2) is 5.16 Å². The Bertz CT molecular complexity index is 1470. The molecule has 2 aromatic carbocycles. The molecular weight excluding hydrogens is 463 g/mol. The fourth-order valence-electron chi connectivity index (χ4n) is 3.30. The van der Waals surface area contributed by atoms with E-state index in [1.54, 1.807) is 37.3 Å². The molecule has 0 aliphatic rings. The maximum absolute atomic E-state index is 14.7. The van der Waals surface area contributed by atoms with Crippen molar-refractivity contribution in [2.75, 3.05) is 12.3 Å². The zero-order valence-electron chi connectivity index (χ0n) is 17.4.